The summed E-state index contributed by atoms with van der Waals surface area (Å²) in [6.45, 7) is 0.504. The second-order valence-electron chi connectivity index (χ2n) is 4.18. The van der Waals surface area contributed by atoms with Crippen molar-refractivity contribution >= 4 is 15.9 Å². The summed E-state index contributed by atoms with van der Waals surface area (Å²) in [5.41, 5.74) is -0.186. The lowest BCUT2D eigenvalue weighted by atomic mass is 10.3. The molecule has 0 radical (unpaired) electrons. The number of carbonyl (C=O) groups excluding carboxylic acids is 1. The van der Waals surface area contributed by atoms with Gasteiger partial charge < -0.3 is 4.90 Å². The van der Waals surface area contributed by atoms with Gasteiger partial charge in [0.2, 0.25) is 15.9 Å². The molecule has 1 amide bonds. The van der Waals surface area contributed by atoms with E-state index >= 15 is 0 Å². The highest BCUT2D eigenvalue weighted by Gasteiger charge is 2.33. The molecule has 1 aliphatic rings. The molecular formula is C11H12N4O3S. The maximum atomic E-state index is 12.1. The first-order valence-corrected chi connectivity index (χ1v) is 7.06. The molecule has 1 aromatic heterocycles. The van der Waals surface area contributed by atoms with Gasteiger partial charge in [0, 0.05) is 19.8 Å². The first-order chi connectivity index (χ1) is 8.95. The van der Waals surface area contributed by atoms with Crippen LogP contribution in [0.15, 0.2) is 23.2 Å². The van der Waals surface area contributed by atoms with Gasteiger partial charge in [-0.1, -0.05) is 0 Å². The Balaban J connectivity index is 2.29. The molecule has 1 saturated heterocycles. The number of nitrogens with one attached hydrogen (secondary N) is 1. The Labute approximate surface area is 110 Å². The molecule has 1 aromatic rings. The number of nitriles is 1. The number of sulfonamides is 1. The molecule has 0 aromatic carbocycles. The van der Waals surface area contributed by atoms with E-state index in [-0.39, 0.29) is 16.5 Å². The number of carbonyl (C=O) groups is 1. The average Bonchev–Trinajstić information content (AvgIpc) is 2.70. The van der Waals surface area contributed by atoms with Crippen molar-refractivity contribution < 1.29 is 13.2 Å². The first kappa shape index (κ1) is 13.5. The summed E-state index contributed by atoms with van der Waals surface area (Å²) >= 11 is 0. The topological polar surface area (TPSA) is 103 Å². The van der Waals surface area contributed by atoms with Crippen LogP contribution in [0.25, 0.3) is 0 Å². The third kappa shape index (κ3) is 2.57. The number of hydrogen-bond acceptors (Lipinski definition) is 5. The maximum absolute atomic E-state index is 12.1. The fourth-order valence-electron chi connectivity index (χ4n) is 1.87. The Bertz CT molecular complexity index is 650. The van der Waals surface area contributed by atoms with Crippen LogP contribution in [0.5, 0.6) is 0 Å². The number of likely N-dealkylation sites (N-methyl/N-ethyl adjacent to an activating group) is 1. The molecule has 7 nitrogen and oxygen atoms in total. The van der Waals surface area contributed by atoms with Crippen molar-refractivity contribution in [1.29, 1.82) is 5.26 Å². The molecule has 2 heterocycles. The number of amides is 1. The van der Waals surface area contributed by atoms with Crippen molar-refractivity contribution in [2.75, 3.05) is 13.6 Å². The number of hydrogen-bond donors (Lipinski definition) is 1. The monoisotopic (exact) mass is 280 g/mol. The van der Waals surface area contributed by atoms with E-state index in [1.807, 2.05) is 0 Å². The summed E-state index contributed by atoms with van der Waals surface area (Å²) in [5.74, 6) is -0.272. The molecular weight excluding hydrogens is 268 g/mol. The van der Waals surface area contributed by atoms with Crippen LogP contribution in [0.3, 0.4) is 0 Å². The van der Waals surface area contributed by atoms with E-state index in [4.69, 9.17) is 5.26 Å². The summed E-state index contributed by atoms with van der Waals surface area (Å²) in [4.78, 5) is 16.6. The number of nitrogens with zero attached hydrogens (tertiary/aromatic N) is 3. The van der Waals surface area contributed by atoms with Crippen molar-refractivity contribution in [3.05, 3.63) is 24.0 Å². The molecule has 8 heteroatoms. The highest BCUT2D eigenvalue weighted by atomic mass is 32.2. The smallest absolute Gasteiger partial charge is 0.244 e. The minimum atomic E-state index is -3.93. The van der Waals surface area contributed by atoms with Crippen LogP contribution in [-0.2, 0) is 14.8 Å². The minimum absolute atomic E-state index is 0.186. The highest BCUT2D eigenvalue weighted by molar-refractivity contribution is 7.89. The molecule has 0 spiro atoms. The van der Waals surface area contributed by atoms with Gasteiger partial charge in [0.05, 0.1) is 0 Å². The van der Waals surface area contributed by atoms with Crippen molar-refractivity contribution in [3.63, 3.8) is 0 Å². The van der Waals surface area contributed by atoms with Gasteiger partial charge in [-0.3, -0.25) is 4.79 Å². The highest BCUT2D eigenvalue weighted by Crippen LogP contribution is 2.16. The molecule has 1 unspecified atom stereocenters. The molecule has 100 valence electrons. The molecule has 1 fully saturated rings. The van der Waals surface area contributed by atoms with Crippen LogP contribution < -0.4 is 4.72 Å². The van der Waals surface area contributed by atoms with E-state index in [0.717, 1.165) is 0 Å². The molecule has 0 aliphatic carbocycles. The van der Waals surface area contributed by atoms with Gasteiger partial charge in [-0.25, -0.2) is 13.4 Å². The van der Waals surface area contributed by atoms with Crippen LogP contribution in [-0.4, -0.2) is 43.8 Å². The van der Waals surface area contributed by atoms with Gasteiger partial charge in [-0.2, -0.15) is 9.98 Å². The zero-order valence-electron chi connectivity index (χ0n) is 10.2. The summed E-state index contributed by atoms with van der Waals surface area (Å²) in [5, 5.41) is 8.86. The second kappa shape index (κ2) is 4.95. The minimum Gasteiger partial charge on any atom is -0.344 e. The number of rotatable bonds is 3. The molecule has 1 N–H and O–H groups in total. The Morgan fingerprint density at radius 2 is 2.32 bits per heavy atom. The number of aromatic nitrogens is 1. The second-order valence-corrected chi connectivity index (χ2v) is 5.87. The van der Waals surface area contributed by atoms with Crippen molar-refractivity contribution in [3.8, 4) is 6.07 Å². The standard InChI is InChI=1S/C11H12N4O3S/c1-15-6-4-8(11(15)16)14-19(17,18)10-3-2-5-13-9(10)7-12/h2-3,5,8,14H,4,6H2,1H3. The molecule has 1 atom stereocenters. The van der Waals surface area contributed by atoms with Crippen molar-refractivity contribution in [2.45, 2.75) is 17.4 Å². The number of pyridine rings is 1. The maximum Gasteiger partial charge on any atom is 0.244 e. The van der Waals surface area contributed by atoms with E-state index in [0.29, 0.717) is 13.0 Å². The summed E-state index contributed by atoms with van der Waals surface area (Å²) in [6.07, 6.45) is 1.75. The summed E-state index contributed by atoms with van der Waals surface area (Å²) in [6, 6.07) is 3.66. The largest absolute Gasteiger partial charge is 0.344 e. The SMILES string of the molecule is CN1CCC(NS(=O)(=O)c2cccnc2C#N)C1=O. The third-order valence-corrected chi connectivity index (χ3v) is 4.39. The Kier molecular flexibility index (Phi) is 3.50. The lowest BCUT2D eigenvalue weighted by Crippen LogP contribution is -2.40. The van der Waals surface area contributed by atoms with Gasteiger partial charge in [0.15, 0.2) is 5.69 Å². The van der Waals surface area contributed by atoms with Gasteiger partial charge in [-0.15, -0.1) is 0 Å². The lowest BCUT2D eigenvalue weighted by Gasteiger charge is -2.13. The lowest BCUT2D eigenvalue weighted by molar-refractivity contribution is -0.127. The molecule has 0 bridgehead atoms. The van der Waals surface area contributed by atoms with E-state index in [9.17, 15) is 13.2 Å². The Hall–Kier alpha value is -1.98. The predicted molar refractivity (Wildman–Crippen MR) is 65.3 cm³/mol. The fourth-order valence-corrected chi connectivity index (χ4v) is 3.20. The Morgan fingerprint density at radius 3 is 2.89 bits per heavy atom. The average molecular weight is 280 g/mol. The van der Waals surface area contributed by atoms with E-state index in [2.05, 4.69) is 9.71 Å². The zero-order chi connectivity index (χ0) is 14.0. The number of likely N-dealkylation sites (tertiary alicyclic amines) is 1. The fraction of sp³-hybridized carbons (Fsp3) is 0.364. The van der Waals surface area contributed by atoms with Gasteiger partial charge in [0.25, 0.3) is 0 Å². The van der Waals surface area contributed by atoms with Gasteiger partial charge in [0.1, 0.15) is 17.0 Å². The van der Waals surface area contributed by atoms with E-state index < -0.39 is 16.1 Å². The summed E-state index contributed by atoms with van der Waals surface area (Å²) in [7, 11) is -2.31. The molecule has 19 heavy (non-hydrogen) atoms. The third-order valence-electron chi connectivity index (χ3n) is 2.89. The summed E-state index contributed by atoms with van der Waals surface area (Å²) < 4.78 is 26.6. The molecule has 1 aliphatic heterocycles. The zero-order valence-corrected chi connectivity index (χ0v) is 11.0. The normalized spacial score (nSPS) is 19.5. The van der Waals surface area contributed by atoms with Crippen LogP contribution in [0.4, 0.5) is 0 Å². The van der Waals surface area contributed by atoms with Crippen molar-refractivity contribution in [1.82, 2.24) is 14.6 Å². The quantitative estimate of drug-likeness (QED) is 0.801. The Morgan fingerprint density at radius 1 is 1.58 bits per heavy atom. The van der Waals surface area contributed by atoms with Crippen LogP contribution >= 0.6 is 0 Å². The van der Waals surface area contributed by atoms with Gasteiger partial charge >= 0.3 is 0 Å². The van der Waals surface area contributed by atoms with E-state index in [1.165, 1.54) is 23.2 Å². The molecule has 2 rings (SSSR count). The van der Waals surface area contributed by atoms with Crippen LogP contribution in [0, 0.1) is 11.3 Å². The van der Waals surface area contributed by atoms with Crippen LogP contribution in [0.2, 0.25) is 0 Å². The predicted octanol–water partition coefficient (Wildman–Crippen LogP) is -0.538. The molecule has 0 saturated carbocycles. The van der Waals surface area contributed by atoms with Gasteiger partial charge in [-0.05, 0) is 18.6 Å². The first-order valence-electron chi connectivity index (χ1n) is 5.58. The van der Waals surface area contributed by atoms with Crippen LogP contribution in [0.1, 0.15) is 12.1 Å². The van der Waals surface area contributed by atoms with E-state index in [1.54, 1.807) is 13.1 Å². The van der Waals surface area contributed by atoms with Crippen molar-refractivity contribution in [2.24, 2.45) is 0 Å².